The Bertz CT molecular complexity index is 536. The Morgan fingerprint density at radius 2 is 1.50 bits per heavy atom. The third-order valence-corrected chi connectivity index (χ3v) is 4.56. The van der Waals surface area contributed by atoms with E-state index in [1.807, 2.05) is 27.7 Å². The van der Waals surface area contributed by atoms with Gasteiger partial charge in [-0.05, 0) is 59.0 Å². The lowest BCUT2D eigenvalue weighted by atomic mass is 9.70. The number of Topliss-reactive ketones (excluding diaryl/α,β-unsaturated/α-hetero) is 1. The Hall–Kier alpha value is -1.44. The molecule has 2 atom stereocenters. The van der Waals surface area contributed by atoms with Crippen molar-refractivity contribution in [3.63, 3.8) is 0 Å². The fourth-order valence-corrected chi connectivity index (χ4v) is 2.85. The van der Waals surface area contributed by atoms with E-state index in [0.29, 0.717) is 6.42 Å². The quantitative estimate of drug-likeness (QED) is 0.291. The molecule has 0 aliphatic rings. The van der Waals surface area contributed by atoms with E-state index >= 15 is 0 Å². The van der Waals surface area contributed by atoms with Crippen LogP contribution in [0.2, 0.25) is 0 Å². The molecule has 0 rings (SSSR count). The molecule has 0 aromatic rings. The molecule has 2 nitrogen and oxygen atoms in total. The fourth-order valence-electron chi connectivity index (χ4n) is 2.85. The lowest BCUT2D eigenvalue weighted by molar-refractivity contribution is -0.135. The first-order chi connectivity index (χ1) is 10.9. The van der Waals surface area contributed by atoms with E-state index in [-0.39, 0.29) is 22.9 Å². The predicted molar refractivity (Wildman–Crippen MR) is 104 cm³/mol. The summed E-state index contributed by atoms with van der Waals surface area (Å²) < 4.78 is 0. The molecule has 0 fully saturated rings. The third kappa shape index (κ3) is 7.42. The van der Waals surface area contributed by atoms with Gasteiger partial charge in [-0.25, -0.2) is 0 Å². The summed E-state index contributed by atoms with van der Waals surface area (Å²) in [7, 11) is 0. The first-order valence-electron chi connectivity index (χ1n) is 8.95. The third-order valence-electron chi connectivity index (χ3n) is 4.56. The summed E-state index contributed by atoms with van der Waals surface area (Å²) in [4.78, 5) is 25.3. The van der Waals surface area contributed by atoms with Gasteiger partial charge >= 0.3 is 0 Å². The van der Waals surface area contributed by atoms with Crippen LogP contribution >= 0.6 is 0 Å². The first kappa shape index (κ1) is 22.6. The molecule has 0 aliphatic carbocycles. The number of hydrogen-bond donors (Lipinski definition) is 0. The minimum Gasteiger partial charge on any atom is -0.299 e. The van der Waals surface area contributed by atoms with E-state index in [9.17, 15) is 9.59 Å². The highest BCUT2D eigenvalue weighted by atomic mass is 16.2. The van der Waals surface area contributed by atoms with Crippen molar-refractivity contribution in [1.82, 2.24) is 0 Å². The highest BCUT2D eigenvalue weighted by Gasteiger charge is 2.36. The van der Waals surface area contributed by atoms with Gasteiger partial charge in [0.05, 0.1) is 5.92 Å². The van der Waals surface area contributed by atoms with Crippen LogP contribution in [0.4, 0.5) is 0 Å². The van der Waals surface area contributed by atoms with Crippen LogP contribution in [-0.2, 0) is 9.59 Å². The smallest absolute Gasteiger partial charge is 0.166 e. The zero-order chi connectivity index (χ0) is 19.1. The number of rotatable bonds is 9. The minimum absolute atomic E-state index is 0.0537. The van der Waals surface area contributed by atoms with Crippen molar-refractivity contribution in [1.29, 1.82) is 0 Å². The lowest BCUT2D eigenvalue weighted by Gasteiger charge is -2.33. The molecule has 136 valence electrons. The lowest BCUT2D eigenvalue weighted by Crippen LogP contribution is -2.36. The van der Waals surface area contributed by atoms with E-state index < -0.39 is 5.92 Å². The summed E-state index contributed by atoms with van der Waals surface area (Å²) in [6.07, 6.45) is 7.24. The normalized spacial score (nSPS) is 14.6. The summed E-state index contributed by atoms with van der Waals surface area (Å²) >= 11 is 0. The number of ketones is 2. The largest absolute Gasteiger partial charge is 0.299 e. The Labute approximate surface area is 149 Å². The molecule has 0 saturated heterocycles. The molecule has 0 radical (unpaired) electrons. The van der Waals surface area contributed by atoms with Crippen molar-refractivity contribution in [3.8, 4) is 0 Å². The van der Waals surface area contributed by atoms with E-state index in [1.165, 1.54) is 11.1 Å². The van der Waals surface area contributed by atoms with Crippen molar-refractivity contribution >= 4 is 11.6 Å². The molecular formula is C22H36O2. The molecule has 0 aromatic heterocycles. The monoisotopic (exact) mass is 332 g/mol. The van der Waals surface area contributed by atoms with Crippen molar-refractivity contribution in [2.75, 3.05) is 0 Å². The highest BCUT2D eigenvalue weighted by Crippen LogP contribution is 2.36. The van der Waals surface area contributed by atoms with Crippen molar-refractivity contribution in [2.24, 2.45) is 17.3 Å². The first-order valence-corrected chi connectivity index (χ1v) is 8.95. The van der Waals surface area contributed by atoms with Gasteiger partial charge in [0.2, 0.25) is 0 Å². The second-order valence-corrected chi connectivity index (χ2v) is 8.13. The Morgan fingerprint density at radius 1 is 0.958 bits per heavy atom. The fraction of sp³-hybridized carbons (Fsp3) is 0.636. The summed E-state index contributed by atoms with van der Waals surface area (Å²) in [5.41, 5.74) is 3.28. The average Bonchev–Trinajstić information content (AvgIpc) is 2.43. The standard InChI is InChI=1S/C22H36O2/c1-10-19(20(23)13-16(4)5)21(24)18(7)22(8,9)14-17(6)12-11-15(2)3/h11-13,18-19H,10,14H2,1-9H3. The molecule has 2 heteroatoms. The number of carbonyl (C=O) groups excluding carboxylic acids is 2. The molecule has 0 bridgehead atoms. The van der Waals surface area contributed by atoms with Gasteiger partial charge in [-0.2, -0.15) is 0 Å². The Morgan fingerprint density at radius 3 is 1.92 bits per heavy atom. The maximum Gasteiger partial charge on any atom is 0.166 e. The molecule has 0 amide bonds. The van der Waals surface area contributed by atoms with Gasteiger partial charge in [-0.15, -0.1) is 0 Å². The summed E-state index contributed by atoms with van der Waals surface area (Å²) in [5, 5.41) is 0. The zero-order valence-electron chi connectivity index (χ0n) is 17.1. The second kappa shape index (κ2) is 9.76. The molecule has 0 heterocycles. The number of allylic oxidation sites excluding steroid dienone is 6. The van der Waals surface area contributed by atoms with Crippen LogP contribution in [0.1, 0.15) is 75.2 Å². The van der Waals surface area contributed by atoms with Crippen molar-refractivity contribution < 1.29 is 9.59 Å². The van der Waals surface area contributed by atoms with Crippen LogP contribution in [0.5, 0.6) is 0 Å². The molecule has 0 saturated carbocycles. The van der Waals surface area contributed by atoms with Gasteiger partial charge in [0, 0.05) is 5.92 Å². The van der Waals surface area contributed by atoms with Gasteiger partial charge in [-0.3, -0.25) is 9.59 Å². The van der Waals surface area contributed by atoms with Crippen LogP contribution in [-0.4, -0.2) is 11.6 Å². The van der Waals surface area contributed by atoms with E-state index in [2.05, 4.69) is 46.8 Å². The van der Waals surface area contributed by atoms with Gasteiger partial charge in [-0.1, -0.05) is 56.6 Å². The molecule has 0 aromatic carbocycles. The highest BCUT2D eigenvalue weighted by molar-refractivity contribution is 6.08. The summed E-state index contributed by atoms with van der Waals surface area (Å²) in [5.74, 6) is -0.662. The number of carbonyl (C=O) groups is 2. The molecule has 0 N–H and O–H groups in total. The van der Waals surface area contributed by atoms with Crippen LogP contribution in [0.3, 0.4) is 0 Å². The van der Waals surface area contributed by atoms with E-state index in [0.717, 1.165) is 12.0 Å². The maximum absolute atomic E-state index is 12.9. The van der Waals surface area contributed by atoms with Gasteiger partial charge in [0.15, 0.2) is 5.78 Å². The molecular weight excluding hydrogens is 296 g/mol. The van der Waals surface area contributed by atoms with Gasteiger partial charge in [0.1, 0.15) is 5.78 Å². The van der Waals surface area contributed by atoms with E-state index in [4.69, 9.17) is 0 Å². The minimum atomic E-state index is -0.517. The second-order valence-electron chi connectivity index (χ2n) is 8.13. The Balaban J connectivity index is 5.27. The molecule has 0 aliphatic heterocycles. The predicted octanol–water partition coefficient (Wildman–Crippen LogP) is 6.08. The molecule has 2 unspecified atom stereocenters. The van der Waals surface area contributed by atoms with Gasteiger partial charge < -0.3 is 0 Å². The SMILES string of the molecule is CCC(C(=O)C=C(C)C)C(=O)C(C)C(C)(C)CC(C)=CC=C(C)C. The topological polar surface area (TPSA) is 34.1 Å². The van der Waals surface area contributed by atoms with Crippen LogP contribution in [0, 0.1) is 17.3 Å². The summed E-state index contributed by atoms with van der Waals surface area (Å²) in [6.45, 7) is 18.1. The number of hydrogen-bond acceptors (Lipinski definition) is 2. The summed E-state index contributed by atoms with van der Waals surface area (Å²) in [6, 6.07) is 0. The maximum atomic E-state index is 12.9. The van der Waals surface area contributed by atoms with Crippen molar-refractivity contribution in [2.45, 2.75) is 75.2 Å². The van der Waals surface area contributed by atoms with Crippen molar-refractivity contribution in [3.05, 3.63) is 34.9 Å². The van der Waals surface area contributed by atoms with E-state index in [1.54, 1.807) is 6.08 Å². The zero-order valence-corrected chi connectivity index (χ0v) is 17.1. The Kier molecular flexibility index (Phi) is 9.17. The molecule has 0 spiro atoms. The average molecular weight is 333 g/mol. The van der Waals surface area contributed by atoms with Crippen LogP contribution in [0.25, 0.3) is 0 Å². The van der Waals surface area contributed by atoms with Gasteiger partial charge in [0.25, 0.3) is 0 Å². The molecule has 24 heavy (non-hydrogen) atoms. The van der Waals surface area contributed by atoms with Crippen LogP contribution in [0.15, 0.2) is 34.9 Å². The van der Waals surface area contributed by atoms with Crippen LogP contribution < -0.4 is 0 Å².